The second kappa shape index (κ2) is 10.2. The largest absolute Gasteiger partial charge is 0.321 e. The first-order chi connectivity index (χ1) is 12.0. The zero-order chi connectivity index (χ0) is 18.2. The van der Waals surface area contributed by atoms with Crippen LogP contribution in [0.3, 0.4) is 0 Å². The van der Waals surface area contributed by atoms with E-state index in [0.29, 0.717) is 15.7 Å². The summed E-state index contributed by atoms with van der Waals surface area (Å²) in [6.45, 7) is 3.98. The van der Waals surface area contributed by atoms with Crippen LogP contribution in [0.4, 0.5) is 10.5 Å². The smallest absolute Gasteiger partial charge is 0.320 e. The molecule has 0 aliphatic carbocycles. The predicted octanol–water partition coefficient (Wildman–Crippen LogP) is 1.90. The van der Waals surface area contributed by atoms with Crippen molar-refractivity contribution in [3.8, 4) is 0 Å². The quantitative estimate of drug-likeness (QED) is 0.401. The maximum Gasteiger partial charge on any atom is 0.321 e. The summed E-state index contributed by atoms with van der Waals surface area (Å²) < 4.78 is 0. The maximum atomic E-state index is 12.2. The molecule has 0 bridgehead atoms. The molecule has 7 nitrogen and oxygen atoms in total. The highest BCUT2D eigenvalue weighted by Gasteiger charge is 2.25. The molecule has 6 N–H and O–H groups in total. The molecule has 3 atom stereocenters. The van der Waals surface area contributed by atoms with Gasteiger partial charge in [0.25, 0.3) is 0 Å². The SMILES string of the molecule is CNCCCNC1CC(C)NC(NC(=O)Nc2ccc(Cl)c(Cl)c2)N1. The molecule has 0 spiro atoms. The summed E-state index contributed by atoms with van der Waals surface area (Å²) in [4.78, 5) is 12.2. The van der Waals surface area contributed by atoms with Crippen LogP contribution in [0.15, 0.2) is 18.2 Å². The molecule has 2 rings (SSSR count). The molecule has 0 radical (unpaired) electrons. The molecule has 140 valence electrons. The molecule has 3 unspecified atom stereocenters. The van der Waals surface area contributed by atoms with Gasteiger partial charge in [-0.25, -0.2) is 4.79 Å². The fraction of sp³-hybridized carbons (Fsp3) is 0.562. The highest BCUT2D eigenvalue weighted by molar-refractivity contribution is 6.42. The Morgan fingerprint density at radius 1 is 1.24 bits per heavy atom. The van der Waals surface area contributed by atoms with Gasteiger partial charge in [-0.1, -0.05) is 23.2 Å². The van der Waals surface area contributed by atoms with Crippen molar-refractivity contribution < 1.29 is 4.79 Å². The van der Waals surface area contributed by atoms with Crippen molar-refractivity contribution in [1.82, 2.24) is 26.6 Å². The average Bonchev–Trinajstić information content (AvgIpc) is 2.54. The maximum absolute atomic E-state index is 12.2. The first-order valence-corrected chi connectivity index (χ1v) is 9.16. The minimum absolute atomic E-state index is 0.142. The number of nitrogens with one attached hydrogen (secondary N) is 6. The fourth-order valence-corrected chi connectivity index (χ4v) is 2.96. The van der Waals surface area contributed by atoms with Gasteiger partial charge in [0.05, 0.1) is 16.2 Å². The van der Waals surface area contributed by atoms with Crippen molar-refractivity contribution in [2.75, 3.05) is 25.5 Å². The van der Waals surface area contributed by atoms with Gasteiger partial charge in [-0.2, -0.15) is 0 Å². The minimum atomic E-state index is -0.327. The standard InChI is InChI=1S/C16H26Cl2N6O/c1-10-8-14(20-7-3-6-19-2)23-15(21-10)24-16(25)22-11-4-5-12(17)13(18)9-11/h4-5,9-10,14-15,19-21,23H,3,6-8H2,1-2H3,(H2,22,24,25). The van der Waals surface area contributed by atoms with E-state index in [1.807, 2.05) is 7.05 Å². The number of benzene rings is 1. The third-order valence-electron chi connectivity index (χ3n) is 3.86. The van der Waals surface area contributed by atoms with E-state index >= 15 is 0 Å². The molecule has 1 aliphatic rings. The molecular weight excluding hydrogens is 363 g/mol. The topological polar surface area (TPSA) is 89.2 Å². The van der Waals surface area contributed by atoms with Crippen molar-refractivity contribution >= 4 is 34.9 Å². The molecule has 1 aliphatic heterocycles. The van der Waals surface area contributed by atoms with Gasteiger partial charge in [-0.15, -0.1) is 0 Å². The number of halogens is 2. The summed E-state index contributed by atoms with van der Waals surface area (Å²) in [5, 5.41) is 19.7. The van der Waals surface area contributed by atoms with Gasteiger partial charge in [-0.3, -0.25) is 10.6 Å². The number of rotatable bonds is 7. The van der Waals surface area contributed by atoms with E-state index in [2.05, 4.69) is 38.8 Å². The number of hydrogen-bond donors (Lipinski definition) is 6. The first kappa shape index (κ1) is 20.2. The van der Waals surface area contributed by atoms with Crippen molar-refractivity contribution in [3.05, 3.63) is 28.2 Å². The van der Waals surface area contributed by atoms with E-state index < -0.39 is 0 Å². The Balaban J connectivity index is 1.81. The Kier molecular flexibility index (Phi) is 8.21. The minimum Gasteiger partial charge on any atom is -0.320 e. The lowest BCUT2D eigenvalue weighted by molar-refractivity contribution is 0.193. The first-order valence-electron chi connectivity index (χ1n) is 8.40. The van der Waals surface area contributed by atoms with E-state index in [-0.39, 0.29) is 24.5 Å². The third-order valence-corrected chi connectivity index (χ3v) is 4.59. The number of urea groups is 1. The lowest BCUT2D eigenvalue weighted by atomic mass is 10.1. The molecule has 1 fully saturated rings. The van der Waals surface area contributed by atoms with Crippen molar-refractivity contribution in [2.45, 2.75) is 38.3 Å². The highest BCUT2D eigenvalue weighted by Crippen LogP contribution is 2.24. The number of carbonyl (C=O) groups is 1. The second-order valence-electron chi connectivity index (χ2n) is 6.09. The molecule has 1 heterocycles. The molecule has 9 heteroatoms. The average molecular weight is 389 g/mol. The van der Waals surface area contributed by atoms with Crippen LogP contribution in [0.25, 0.3) is 0 Å². The zero-order valence-corrected chi connectivity index (χ0v) is 16.0. The third kappa shape index (κ3) is 6.97. The van der Waals surface area contributed by atoms with Crippen LogP contribution >= 0.6 is 23.2 Å². The lowest BCUT2D eigenvalue weighted by Crippen LogP contribution is -2.67. The van der Waals surface area contributed by atoms with Gasteiger partial charge in [0.15, 0.2) is 0 Å². The number of carbonyl (C=O) groups excluding carboxylic acids is 1. The van der Waals surface area contributed by atoms with E-state index in [1.54, 1.807) is 18.2 Å². The molecular formula is C16H26Cl2N6O. The van der Waals surface area contributed by atoms with Crippen molar-refractivity contribution in [1.29, 1.82) is 0 Å². The summed E-state index contributed by atoms with van der Waals surface area (Å²) in [5.41, 5.74) is 0.581. The molecule has 0 aromatic heterocycles. The van der Waals surface area contributed by atoms with Gasteiger partial charge >= 0.3 is 6.03 Å². The van der Waals surface area contributed by atoms with Crippen LogP contribution in [0.5, 0.6) is 0 Å². The Hall–Kier alpha value is -1.09. The number of anilines is 1. The summed E-state index contributed by atoms with van der Waals surface area (Å²) in [7, 11) is 1.94. The van der Waals surface area contributed by atoms with Gasteiger partial charge < -0.3 is 21.3 Å². The van der Waals surface area contributed by atoms with E-state index in [9.17, 15) is 4.79 Å². The van der Waals surface area contributed by atoms with Crippen molar-refractivity contribution in [2.24, 2.45) is 0 Å². The van der Waals surface area contributed by atoms with Crippen LogP contribution in [0.1, 0.15) is 19.8 Å². The normalized spacial score (nSPS) is 23.3. The summed E-state index contributed by atoms with van der Waals surface area (Å²) in [6, 6.07) is 4.90. The van der Waals surface area contributed by atoms with Crippen LogP contribution < -0.4 is 31.9 Å². The fourth-order valence-electron chi connectivity index (χ4n) is 2.66. The van der Waals surface area contributed by atoms with E-state index in [0.717, 1.165) is 25.9 Å². The Bertz CT molecular complexity index is 574. The monoisotopic (exact) mass is 388 g/mol. The number of amides is 2. The summed E-state index contributed by atoms with van der Waals surface area (Å²) in [6.07, 6.45) is 1.80. The second-order valence-corrected chi connectivity index (χ2v) is 6.91. The highest BCUT2D eigenvalue weighted by atomic mass is 35.5. The Morgan fingerprint density at radius 2 is 2.04 bits per heavy atom. The van der Waals surface area contributed by atoms with Crippen LogP contribution in [0.2, 0.25) is 10.0 Å². The van der Waals surface area contributed by atoms with Gasteiger partial charge in [-0.05, 0) is 58.1 Å². The Morgan fingerprint density at radius 3 is 2.76 bits per heavy atom. The zero-order valence-electron chi connectivity index (χ0n) is 14.5. The van der Waals surface area contributed by atoms with Gasteiger partial charge in [0, 0.05) is 11.7 Å². The van der Waals surface area contributed by atoms with Crippen LogP contribution in [-0.2, 0) is 0 Å². The van der Waals surface area contributed by atoms with E-state index in [4.69, 9.17) is 23.2 Å². The Labute approximate surface area is 158 Å². The molecule has 0 saturated carbocycles. The molecule has 25 heavy (non-hydrogen) atoms. The molecule has 1 aromatic rings. The summed E-state index contributed by atoms with van der Waals surface area (Å²) in [5.74, 6) is 0. The van der Waals surface area contributed by atoms with Crippen LogP contribution in [-0.4, -0.2) is 44.7 Å². The van der Waals surface area contributed by atoms with Crippen molar-refractivity contribution in [3.63, 3.8) is 0 Å². The summed E-state index contributed by atoms with van der Waals surface area (Å²) >= 11 is 11.8. The molecule has 2 amide bonds. The number of hydrogen-bond acceptors (Lipinski definition) is 5. The van der Waals surface area contributed by atoms with Gasteiger partial charge in [0.2, 0.25) is 0 Å². The predicted molar refractivity (Wildman–Crippen MR) is 103 cm³/mol. The van der Waals surface area contributed by atoms with Gasteiger partial charge in [0.1, 0.15) is 6.29 Å². The molecule has 1 aromatic carbocycles. The molecule has 1 saturated heterocycles. The van der Waals surface area contributed by atoms with E-state index in [1.165, 1.54) is 0 Å². The lowest BCUT2D eigenvalue weighted by Gasteiger charge is -2.36. The van der Waals surface area contributed by atoms with Crippen LogP contribution in [0, 0.1) is 0 Å².